The summed E-state index contributed by atoms with van der Waals surface area (Å²) >= 11 is 6.31. The lowest BCUT2D eigenvalue weighted by atomic mass is 10.1. The fourth-order valence-corrected chi connectivity index (χ4v) is 2.83. The van der Waals surface area contributed by atoms with Crippen molar-refractivity contribution in [3.8, 4) is 0 Å². The lowest BCUT2D eigenvalue weighted by molar-refractivity contribution is 0.111. The molecule has 1 heterocycles. The van der Waals surface area contributed by atoms with Gasteiger partial charge in [0.1, 0.15) is 5.69 Å². The van der Waals surface area contributed by atoms with E-state index in [9.17, 15) is 4.79 Å². The molecule has 104 valence electrons. The molecule has 0 amide bonds. The maximum absolute atomic E-state index is 11.4. The van der Waals surface area contributed by atoms with Crippen molar-refractivity contribution >= 4 is 34.4 Å². The first kappa shape index (κ1) is 13.7. The minimum Gasteiger partial charge on any atom is -0.333 e. The molecule has 0 unspecified atom stereocenters. The third kappa shape index (κ3) is 2.39. The van der Waals surface area contributed by atoms with E-state index in [0.717, 1.165) is 28.3 Å². The van der Waals surface area contributed by atoms with Crippen LogP contribution in [-0.2, 0) is 6.54 Å². The van der Waals surface area contributed by atoms with E-state index in [1.54, 1.807) is 0 Å². The highest BCUT2D eigenvalue weighted by molar-refractivity contribution is 6.38. The van der Waals surface area contributed by atoms with Gasteiger partial charge in [-0.2, -0.15) is 0 Å². The second kappa shape index (κ2) is 5.58. The first-order chi connectivity index (χ1) is 10.2. The molecule has 3 heteroatoms. The average molecular weight is 296 g/mol. The Balaban J connectivity index is 2.08. The molecule has 1 aromatic heterocycles. The molecule has 21 heavy (non-hydrogen) atoms. The number of hydrogen-bond donors (Lipinski definition) is 0. The molecule has 2 aromatic carbocycles. The number of fused-ring (bicyclic) bond motifs is 1. The number of hydrogen-bond acceptors (Lipinski definition) is 1. The molecule has 2 nitrogen and oxygen atoms in total. The summed E-state index contributed by atoms with van der Waals surface area (Å²) < 4.78 is 1.92. The summed E-state index contributed by atoms with van der Waals surface area (Å²) in [4.78, 5) is 11.4. The number of aldehydes is 1. The normalized spacial score (nSPS) is 10.7. The smallest absolute Gasteiger partial charge is 0.168 e. The minimum absolute atomic E-state index is 0.495. The second-order valence-electron chi connectivity index (χ2n) is 4.89. The van der Waals surface area contributed by atoms with Crippen LogP contribution in [0.2, 0.25) is 5.02 Å². The lowest BCUT2D eigenvalue weighted by Gasteiger charge is -2.10. The Labute approximate surface area is 128 Å². The lowest BCUT2D eigenvalue weighted by Crippen LogP contribution is -2.04. The summed E-state index contributed by atoms with van der Waals surface area (Å²) in [5, 5.41) is 1.39. The van der Waals surface area contributed by atoms with Crippen molar-refractivity contribution in [2.45, 2.75) is 6.54 Å². The summed E-state index contributed by atoms with van der Waals surface area (Å²) in [5.41, 5.74) is 3.44. The van der Waals surface area contributed by atoms with Gasteiger partial charge in [-0.05, 0) is 17.2 Å². The van der Waals surface area contributed by atoms with Gasteiger partial charge in [0, 0.05) is 11.9 Å². The number of halogens is 1. The van der Waals surface area contributed by atoms with Crippen LogP contribution < -0.4 is 0 Å². The number of rotatable bonds is 4. The molecule has 0 atom stereocenters. The van der Waals surface area contributed by atoms with Crippen LogP contribution in [0.25, 0.3) is 16.5 Å². The third-order valence-corrected chi connectivity index (χ3v) is 3.99. The summed E-state index contributed by atoms with van der Waals surface area (Å²) in [5.74, 6) is 0. The third-order valence-electron chi connectivity index (χ3n) is 3.59. The van der Waals surface area contributed by atoms with Gasteiger partial charge in [0.05, 0.1) is 10.5 Å². The Morgan fingerprint density at radius 2 is 1.76 bits per heavy atom. The maximum atomic E-state index is 11.4. The van der Waals surface area contributed by atoms with Gasteiger partial charge in [-0.15, -0.1) is 0 Å². The zero-order chi connectivity index (χ0) is 14.8. The summed E-state index contributed by atoms with van der Waals surface area (Å²) in [7, 11) is 0. The van der Waals surface area contributed by atoms with Gasteiger partial charge in [0.2, 0.25) is 0 Å². The maximum Gasteiger partial charge on any atom is 0.168 e. The Morgan fingerprint density at radius 3 is 2.48 bits per heavy atom. The van der Waals surface area contributed by atoms with Crippen LogP contribution in [0.1, 0.15) is 16.1 Å². The van der Waals surface area contributed by atoms with Gasteiger partial charge < -0.3 is 4.57 Å². The van der Waals surface area contributed by atoms with Crippen molar-refractivity contribution in [3.63, 3.8) is 0 Å². The van der Waals surface area contributed by atoms with Gasteiger partial charge >= 0.3 is 0 Å². The van der Waals surface area contributed by atoms with Crippen LogP contribution in [0.5, 0.6) is 0 Å². The van der Waals surface area contributed by atoms with Crippen LogP contribution in [0.15, 0.2) is 61.2 Å². The Hall–Kier alpha value is -2.32. The number of nitrogens with zero attached hydrogens (tertiary/aromatic N) is 1. The summed E-state index contributed by atoms with van der Waals surface area (Å²) in [6.07, 6.45) is 0.806. The first-order valence-electron chi connectivity index (χ1n) is 6.67. The number of allylic oxidation sites excluding steroid dienone is 1. The largest absolute Gasteiger partial charge is 0.333 e. The number of carbonyl (C=O) groups excluding carboxylic acids is 1. The van der Waals surface area contributed by atoms with E-state index in [0.29, 0.717) is 17.3 Å². The van der Waals surface area contributed by atoms with Gasteiger partial charge in [-0.1, -0.05) is 66.7 Å². The highest BCUT2D eigenvalue weighted by atomic mass is 35.5. The predicted octanol–water partition coefficient (Wildman–Crippen LogP) is 4.82. The van der Waals surface area contributed by atoms with Gasteiger partial charge in [0.25, 0.3) is 0 Å². The Bertz CT molecular complexity index is 818. The van der Waals surface area contributed by atoms with E-state index in [-0.39, 0.29) is 0 Å². The predicted molar refractivity (Wildman–Crippen MR) is 87.8 cm³/mol. The van der Waals surface area contributed by atoms with Crippen molar-refractivity contribution in [3.05, 3.63) is 77.5 Å². The van der Waals surface area contributed by atoms with Gasteiger partial charge in [-0.3, -0.25) is 4.79 Å². The highest BCUT2D eigenvalue weighted by Crippen LogP contribution is 2.31. The van der Waals surface area contributed by atoms with Crippen LogP contribution in [0.4, 0.5) is 0 Å². The first-order valence-corrected chi connectivity index (χ1v) is 7.05. The molecule has 0 saturated heterocycles. The van der Waals surface area contributed by atoms with E-state index < -0.39 is 0 Å². The number of para-hydroxylation sites is 1. The van der Waals surface area contributed by atoms with E-state index in [1.165, 1.54) is 0 Å². The van der Waals surface area contributed by atoms with Crippen molar-refractivity contribution in [2.75, 3.05) is 0 Å². The fourth-order valence-electron chi connectivity index (χ4n) is 2.52. The molecule has 0 fully saturated rings. The molecule has 0 aliphatic carbocycles. The van der Waals surface area contributed by atoms with E-state index in [1.807, 2.05) is 59.2 Å². The van der Waals surface area contributed by atoms with Crippen LogP contribution in [0.3, 0.4) is 0 Å². The average Bonchev–Trinajstić information content (AvgIpc) is 2.80. The molecule has 0 aliphatic heterocycles. The number of aromatic nitrogens is 1. The highest BCUT2D eigenvalue weighted by Gasteiger charge is 2.15. The molecule has 0 bridgehead atoms. The molecular weight excluding hydrogens is 282 g/mol. The van der Waals surface area contributed by atoms with Gasteiger partial charge in [0.15, 0.2) is 6.29 Å². The SMILES string of the molecule is C=C(Cn1c(C=O)c(Cl)c2ccccc21)c1ccccc1. The van der Waals surface area contributed by atoms with Crippen LogP contribution >= 0.6 is 11.6 Å². The number of carbonyl (C=O) groups is 1. The topological polar surface area (TPSA) is 22.0 Å². The molecule has 3 rings (SSSR count). The van der Waals surface area contributed by atoms with Gasteiger partial charge in [-0.25, -0.2) is 0 Å². The molecule has 0 radical (unpaired) electrons. The molecule has 0 spiro atoms. The van der Waals surface area contributed by atoms with E-state index in [2.05, 4.69) is 6.58 Å². The standard InChI is InChI=1S/C18H14ClNO/c1-13(14-7-3-2-4-8-14)11-20-16-10-6-5-9-15(16)18(19)17(20)12-21/h2-10,12H,1,11H2. The quantitative estimate of drug-likeness (QED) is 0.632. The Morgan fingerprint density at radius 1 is 1.10 bits per heavy atom. The molecular formula is C18H14ClNO. The van der Waals surface area contributed by atoms with E-state index >= 15 is 0 Å². The molecule has 0 aliphatic rings. The van der Waals surface area contributed by atoms with Crippen molar-refractivity contribution in [2.24, 2.45) is 0 Å². The fraction of sp³-hybridized carbons (Fsp3) is 0.0556. The van der Waals surface area contributed by atoms with Crippen LogP contribution in [0, 0.1) is 0 Å². The number of benzene rings is 2. The summed E-state index contributed by atoms with van der Waals surface area (Å²) in [6.45, 7) is 4.66. The van der Waals surface area contributed by atoms with Crippen molar-refractivity contribution < 1.29 is 4.79 Å². The Kier molecular flexibility index (Phi) is 3.63. The molecule has 0 saturated carbocycles. The monoisotopic (exact) mass is 295 g/mol. The van der Waals surface area contributed by atoms with Crippen molar-refractivity contribution in [1.82, 2.24) is 4.57 Å². The second-order valence-corrected chi connectivity index (χ2v) is 5.27. The van der Waals surface area contributed by atoms with Crippen LogP contribution in [-0.4, -0.2) is 10.9 Å². The molecule has 0 N–H and O–H groups in total. The van der Waals surface area contributed by atoms with E-state index in [4.69, 9.17) is 11.6 Å². The zero-order valence-corrected chi connectivity index (χ0v) is 12.2. The zero-order valence-electron chi connectivity index (χ0n) is 11.4. The molecule has 3 aromatic rings. The minimum atomic E-state index is 0.495. The summed E-state index contributed by atoms with van der Waals surface area (Å²) in [6, 6.07) is 17.7. The van der Waals surface area contributed by atoms with Crippen molar-refractivity contribution in [1.29, 1.82) is 0 Å².